The lowest BCUT2D eigenvalue weighted by atomic mass is 9.94. The molecule has 12 N–H and O–H groups in total. The van der Waals surface area contributed by atoms with Gasteiger partial charge in [-0.05, 0) is 12.8 Å². The molecule has 5 fully saturated rings. The third-order valence-electron chi connectivity index (χ3n) is 14.4. The number of rotatable bonds is 42. The average molecular weight is 1730 g/mol. The normalized spacial score (nSPS) is 35.2. The van der Waals surface area contributed by atoms with Crippen molar-refractivity contribution in [3.63, 3.8) is 0 Å². The number of carboxylic acids is 2. The van der Waals surface area contributed by atoms with Gasteiger partial charge in [0.2, 0.25) is 0 Å². The van der Waals surface area contributed by atoms with Crippen LogP contribution in [0.25, 0.3) is 0 Å². The van der Waals surface area contributed by atoms with Crippen LogP contribution in [-0.4, -0.2) is 352 Å². The van der Waals surface area contributed by atoms with E-state index in [0.717, 1.165) is 14.2 Å². The second kappa shape index (κ2) is 37.7. The molecule has 0 aromatic heterocycles. The summed E-state index contributed by atoms with van der Waals surface area (Å²) < 4.78 is 431. The smallest absolute Gasteiger partial charge is 0.397 e. The van der Waals surface area contributed by atoms with E-state index in [1.54, 1.807) is 13.8 Å². The van der Waals surface area contributed by atoms with Crippen LogP contribution in [0.3, 0.4) is 0 Å². The Balaban J connectivity index is 1.75. The van der Waals surface area contributed by atoms with E-state index in [-0.39, 0.29) is 25.7 Å². The fraction of sp³-hybridized carbons (Fsp3) is 0.951. The summed E-state index contributed by atoms with van der Waals surface area (Å²) in [5, 5.41) is 32.4. The molecule has 0 aromatic carbocycles. The summed E-state index contributed by atoms with van der Waals surface area (Å²) in [6.07, 6.45) is -69.5. The molecule has 618 valence electrons. The highest BCUT2D eigenvalue weighted by atomic mass is 32.3. The summed E-state index contributed by atoms with van der Waals surface area (Å²) in [5.74, 6) is -4.75. The topological polar surface area (TPSA) is 796 Å². The van der Waals surface area contributed by atoms with Gasteiger partial charge >= 0.3 is 106 Å². The predicted octanol–water partition coefficient (Wildman–Crippen LogP) is -7.69. The second-order valence-electron chi connectivity index (χ2n) is 21.6. The Labute approximate surface area is 595 Å². The van der Waals surface area contributed by atoms with E-state index in [2.05, 4.69) is 29.3 Å². The summed E-state index contributed by atoms with van der Waals surface area (Å²) in [6, 6.07) is 0. The molecule has 0 bridgehead atoms. The van der Waals surface area contributed by atoms with E-state index >= 15 is 0 Å². The van der Waals surface area contributed by atoms with Gasteiger partial charge in [-0.25, -0.2) is 47.2 Å². The molecule has 25 atom stereocenters. The van der Waals surface area contributed by atoms with E-state index in [9.17, 15) is 142 Å². The minimum Gasteiger partial charge on any atom is -0.479 e. The van der Waals surface area contributed by atoms with Crippen molar-refractivity contribution in [2.75, 3.05) is 54.4 Å². The zero-order valence-electron chi connectivity index (χ0n) is 53.4. The lowest BCUT2D eigenvalue weighted by Gasteiger charge is -2.51. The maximum atomic E-state index is 13.6. The first-order chi connectivity index (χ1) is 48.0. The molecule has 5 aliphatic heterocycles. The minimum absolute atomic E-state index is 0.00128. The molecular weight excluding hydrogens is 1660 g/mol. The molecule has 5 rings (SSSR count). The first-order valence-electron chi connectivity index (χ1n) is 28.6. The Hall–Kier alpha value is -2.83. The van der Waals surface area contributed by atoms with E-state index in [1.165, 1.54) is 0 Å². The van der Waals surface area contributed by atoms with Crippen LogP contribution in [0.2, 0.25) is 0 Å². The van der Waals surface area contributed by atoms with E-state index in [0.29, 0.717) is 7.11 Å². The van der Waals surface area contributed by atoms with Gasteiger partial charge in [0.25, 0.3) is 0 Å². The van der Waals surface area contributed by atoms with Crippen LogP contribution < -0.4 is 0 Å². The summed E-state index contributed by atoms with van der Waals surface area (Å²) in [4.78, 5) is 27.1. The molecule has 0 aliphatic carbocycles. The molecule has 0 saturated carbocycles. The summed E-state index contributed by atoms with van der Waals surface area (Å²) in [5.41, 5.74) is 0. The van der Waals surface area contributed by atoms with Crippen molar-refractivity contribution in [1.82, 2.24) is 0 Å². The first-order valence-corrected chi connectivity index (χ1v) is 40.9. The number of hydrogen-bond acceptors (Lipinski definition) is 44. The molecule has 55 nitrogen and oxygen atoms in total. The van der Waals surface area contributed by atoms with Gasteiger partial charge in [0.1, 0.15) is 85.5 Å². The molecule has 105 heavy (non-hydrogen) atoms. The fourth-order valence-electron chi connectivity index (χ4n) is 10.6. The molecule has 5 aliphatic rings. The molecule has 64 heteroatoms. The molecule has 0 aromatic rings. The highest BCUT2D eigenvalue weighted by Gasteiger charge is 2.63. The molecule has 0 radical (unpaired) electrons. The average Bonchev–Trinajstić information content (AvgIpc) is 0.755. The lowest BCUT2D eigenvalue weighted by Crippen LogP contribution is -2.70. The van der Waals surface area contributed by atoms with Gasteiger partial charge in [-0.15, -0.1) is 0 Å². The molecule has 0 amide bonds. The van der Waals surface area contributed by atoms with Gasteiger partial charge in [0.05, 0.1) is 19.8 Å². The number of unbranched alkanes of at least 4 members (excludes halogenated alkanes) is 2. The van der Waals surface area contributed by atoms with Crippen molar-refractivity contribution in [3.05, 3.63) is 0 Å². The van der Waals surface area contributed by atoms with Gasteiger partial charge in [-0.1, -0.05) is 26.7 Å². The van der Waals surface area contributed by atoms with E-state index in [1.807, 2.05) is 0 Å². The molecule has 0 unspecified atom stereocenters. The Morgan fingerprint density at radius 2 is 0.581 bits per heavy atom. The highest BCUT2D eigenvalue weighted by Crippen LogP contribution is 2.42. The van der Waals surface area contributed by atoms with Crippen LogP contribution in [0.5, 0.6) is 0 Å². The fourth-order valence-corrected chi connectivity index (χ4v) is 14.5. The molecule has 5 heterocycles. The number of aliphatic carboxylic acids is 2. The Morgan fingerprint density at radius 3 is 0.914 bits per heavy atom. The van der Waals surface area contributed by atoms with Gasteiger partial charge in [0, 0.05) is 34.5 Å². The monoisotopic (exact) mass is 1730 g/mol. The second-order valence-corrected chi connectivity index (χ2v) is 31.2. The van der Waals surface area contributed by atoms with Crippen molar-refractivity contribution in [2.24, 2.45) is 0 Å². The number of hydrogen-bond donors (Lipinski definition) is 12. The number of ether oxygens (including phenoxy) is 14. The van der Waals surface area contributed by atoms with Gasteiger partial charge in [-0.3, -0.25) is 41.0 Å². The third-order valence-corrected chi connectivity index (χ3v) is 18.5. The maximum absolute atomic E-state index is 13.6. The first kappa shape index (κ1) is 92.8. The predicted molar refractivity (Wildman–Crippen MR) is 313 cm³/mol. The van der Waals surface area contributed by atoms with Crippen LogP contribution in [0, 0.1) is 0 Å². The molecular formula is C41H70O55S9. The number of aliphatic hydroxyl groups excluding tert-OH is 1. The van der Waals surface area contributed by atoms with Crippen LogP contribution >= 0.6 is 0 Å². The minimum atomic E-state index is -6.41. The lowest BCUT2D eigenvalue weighted by molar-refractivity contribution is -0.387. The molecule has 5 saturated heterocycles. The summed E-state index contributed by atoms with van der Waals surface area (Å²) in [7, 11) is -51.9. The number of carbonyl (C=O) groups is 2. The van der Waals surface area contributed by atoms with E-state index < -0.39 is 292 Å². The SMILES string of the molecule is CCCCO[C@@H]1[C@@H](OCCCC)[C@H](O[C@H]2[C@H](OS(=O)(=O)O)[C@@H](OS(=O)(=O)O)[C@H](O[C@H]3[C@H](OC)[C@@H](OS(=O)(=O)O)[C@H](O[C@H]4[C@H](OS(=O)(=O)O)[C@@H](OS(=O)(=O)O)[C@@H](O)O[C@@H]4COS(=O)(=O)O)O[C@H]3C(=O)O)O[C@@H]2COS(=O)(=O)O)O[C@H](C(=O)O)[C@H]1O[C@@H]1O[C@H](COS(=O)(=O)O)[C@@H](OC)[C@H](OC)[C@H]1OS(=O)(=O)O. The van der Waals surface area contributed by atoms with Crippen molar-refractivity contribution in [3.8, 4) is 0 Å². The Bertz CT molecular complexity index is 3960. The Morgan fingerprint density at radius 1 is 0.314 bits per heavy atom. The number of aliphatic hydroxyl groups is 1. The number of methoxy groups -OCH3 is 3. The van der Waals surface area contributed by atoms with Crippen LogP contribution in [0.4, 0.5) is 0 Å². The van der Waals surface area contributed by atoms with E-state index in [4.69, 9.17) is 74.7 Å². The summed E-state index contributed by atoms with van der Waals surface area (Å²) in [6.45, 7) is -2.99. The van der Waals surface area contributed by atoms with Gasteiger partial charge < -0.3 is 81.6 Å². The van der Waals surface area contributed by atoms with Crippen LogP contribution in [-0.2, 0) is 207 Å². The largest absolute Gasteiger partial charge is 0.479 e. The van der Waals surface area contributed by atoms with Crippen LogP contribution in [0.15, 0.2) is 0 Å². The highest BCUT2D eigenvalue weighted by molar-refractivity contribution is 7.82. The summed E-state index contributed by atoms with van der Waals surface area (Å²) >= 11 is 0. The number of carboxylic acid groups (broad SMARTS) is 2. The third kappa shape index (κ3) is 29.0. The zero-order valence-corrected chi connectivity index (χ0v) is 60.7. The van der Waals surface area contributed by atoms with Crippen molar-refractivity contribution >= 4 is 106 Å². The quantitative estimate of drug-likeness (QED) is 0.0199. The zero-order chi connectivity index (χ0) is 79.7. The van der Waals surface area contributed by atoms with Crippen molar-refractivity contribution in [1.29, 1.82) is 0 Å². The standard InChI is InChI=1S/C41H70O55S9/c1-6-8-10-77-23-25(88-39-32(94-103(65,66)67)21(75-4)18(74-3)15(83-39)12-79-97(47,48)49)29(36(44)45)89-38(31(23)78-11-9-7-2)85-20-17(14-81-99(53,54)55)84-40(34(96-105(71,72)73)27(20)92-101(59,60)61)87-24-22(76-5)33(95-104(68,69)70)41(90-28(24)35(42)43)86-19-16(13-80-98(50,51)52)82-37(46)30(93-102(62,63)64)26(19)91-100(56,57)58/h15-34,37-41,46H,6-14H2,1-5H3,(H,42,43)(H,44,45)(H,47,48,49)(H,50,51,52)(H,53,54,55)(H,56,57,58)(H,59,60,61)(H,62,63,64)(H,65,66,67)(H,68,69,70)(H,71,72,73)/t15-,16-,17-,18-,19-,20-,21+,22+,23+,24+,25+,26+,27+,28-,29+,30-,31-,32-,33-,34-,37+,38-,39+,40+,41-/m1/s1. The Kier molecular flexibility index (Phi) is 33.3. The van der Waals surface area contributed by atoms with Crippen molar-refractivity contribution < 1.29 is 246 Å². The van der Waals surface area contributed by atoms with Gasteiger partial charge in [0.15, 0.2) is 68.1 Å². The van der Waals surface area contributed by atoms with Crippen LogP contribution in [0.1, 0.15) is 39.5 Å². The van der Waals surface area contributed by atoms with Crippen molar-refractivity contribution in [2.45, 2.75) is 193 Å². The molecule has 0 spiro atoms. The maximum Gasteiger partial charge on any atom is 0.397 e. The van der Waals surface area contributed by atoms with Gasteiger partial charge in [-0.2, -0.15) is 75.8 Å².